The van der Waals surface area contributed by atoms with Gasteiger partial charge in [0.15, 0.2) is 0 Å². The molecule has 17 heavy (non-hydrogen) atoms. The molecule has 0 heterocycles. The molecule has 0 saturated heterocycles. The van der Waals surface area contributed by atoms with E-state index in [4.69, 9.17) is 0 Å². The molecule has 0 aliphatic carbocycles. The van der Waals surface area contributed by atoms with Crippen molar-refractivity contribution in [2.24, 2.45) is 5.92 Å². The topological polar surface area (TPSA) is 12.0 Å². The van der Waals surface area contributed by atoms with E-state index in [-0.39, 0.29) is 17.5 Å². The summed E-state index contributed by atoms with van der Waals surface area (Å²) in [6.07, 6.45) is 1.98. The second-order valence-electron chi connectivity index (χ2n) is 3.96. The quantitative estimate of drug-likeness (QED) is 0.822. The van der Waals surface area contributed by atoms with Gasteiger partial charge in [-0.3, -0.25) is 0 Å². The van der Waals surface area contributed by atoms with Crippen LogP contribution in [0, 0.1) is 17.6 Å². The molecule has 1 rings (SSSR count). The van der Waals surface area contributed by atoms with E-state index in [1.165, 1.54) is 12.1 Å². The van der Waals surface area contributed by atoms with Crippen LogP contribution in [0.2, 0.25) is 0 Å². The van der Waals surface area contributed by atoms with E-state index in [1.54, 1.807) is 18.8 Å². The fraction of sp³-hybridized carbons (Fsp3) is 0.500. The van der Waals surface area contributed by atoms with Gasteiger partial charge in [-0.1, -0.05) is 6.92 Å². The highest BCUT2D eigenvalue weighted by molar-refractivity contribution is 9.10. The van der Waals surface area contributed by atoms with E-state index in [9.17, 15) is 8.78 Å². The van der Waals surface area contributed by atoms with Crippen LogP contribution in [0.15, 0.2) is 16.6 Å². The van der Waals surface area contributed by atoms with Crippen LogP contribution in [0.5, 0.6) is 0 Å². The van der Waals surface area contributed by atoms with Gasteiger partial charge in [0.2, 0.25) is 0 Å². The largest absolute Gasteiger partial charge is 0.313 e. The highest BCUT2D eigenvalue weighted by Crippen LogP contribution is 2.31. The van der Waals surface area contributed by atoms with Crippen LogP contribution < -0.4 is 5.32 Å². The Morgan fingerprint density at radius 2 is 2.06 bits per heavy atom. The van der Waals surface area contributed by atoms with Crippen molar-refractivity contribution >= 4 is 27.7 Å². The van der Waals surface area contributed by atoms with Gasteiger partial charge >= 0.3 is 0 Å². The van der Waals surface area contributed by atoms with Gasteiger partial charge in [-0.25, -0.2) is 8.78 Å². The zero-order valence-electron chi connectivity index (χ0n) is 10.1. The second-order valence-corrected chi connectivity index (χ2v) is 5.72. The van der Waals surface area contributed by atoms with Crippen molar-refractivity contribution in [3.63, 3.8) is 0 Å². The molecule has 96 valence electrons. The average molecular weight is 324 g/mol. The molecule has 0 radical (unpaired) electrons. The number of thioether (sulfide) groups is 1. The molecule has 2 unspecified atom stereocenters. The molecule has 1 N–H and O–H groups in total. The van der Waals surface area contributed by atoms with Crippen LogP contribution in [0.25, 0.3) is 0 Å². The molecule has 0 aromatic heterocycles. The summed E-state index contributed by atoms with van der Waals surface area (Å²) in [6.45, 7) is 1.98. The minimum absolute atomic E-state index is 0.114. The first-order valence-corrected chi connectivity index (χ1v) is 7.51. The minimum atomic E-state index is -0.516. The van der Waals surface area contributed by atoms with Crippen LogP contribution in [0.3, 0.4) is 0 Å². The highest BCUT2D eigenvalue weighted by atomic mass is 79.9. The summed E-state index contributed by atoms with van der Waals surface area (Å²) >= 11 is 4.76. The molecular weight excluding hydrogens is 308 g/mol. The van der Waals surface area contributed by atoms with Gasteiger partial charge in [-0.2, -0.15) is 11.8 Å². The molecular formula is C12H16BrF2NS. The number of rotatable bonds is 5. The van der Waals surface area contributed by atoms with Crippen LogP contribution in [-0.2, 0) is 0 Å². The van der Waals surface area contributed by atoms with Crippen LogP contribution in [0.1, 0.15) is 18.5 Å². The maximum Gasteiger partial charge on any atom is 0.145 e. The second kappa shape index (κ2) is 6.71. The molecule has 0 saturated carbocycles. The smallest absolute Gasteiger partial charge is 0.145 e. The van der Waals surface area contributed by atoms with Gasteiger partial charge in [0.25, 0.3) is 0 Å². The molecule has 0 spiro atoms. The summed E-state index contributed by atoms with van der Waals surface area (Å²) in [5, 5.41) is 3.00. The van der Waals surface area contributed by atoms with Crippen molar-refractivity contribution in [1.82, 2.24) is 5.32 Å². The summed E-state index contributed by atoms with van der Waals surface area (Å²) in [6, 6.07) is 2.36. The summed E-state index contributed by atoms with van der Waals surface area (Å²) in [4.78, 5) is 0. The Morgan fingerprint density at radius 3 is 2.59 bits per heavy atom. The Morgan fingerprint density at radius 1 is 1.41 bits per heavy atom. The van der Waals surface area contributed by atoms with Crippen LogP contribution >= 0.6 is 27.7 Å². The Hall–Kier alpha value is -0.130. The third-order valence-corrected chi connectivity index (χ3v) is 4.17. The van der Waals surface area contributed by atoms with Gasteiger partial charge in [0.05, 0.1) is 4.47 Å². The lowest BCUT2D eigenvalue weighted by molar-refractivity contribution is 0.407. The van der Waals surface area contributed by atoms with Gasteiger partial charge in [-0.15, -0.1) is 0 Å². The number of benzene rings is 1. The Kier molecular flexibility index (Phi) is 5.89. The molecule has 5 heteroatoms. The van der Waals surface area contributed by atoms with E-state index in [0.717, 1.165) is 5.75 Å². The Balaban J connectivity index is 3.15. The average Bonchev–Trinajstić information content (AvgIpc) is 2.30. The summed E-state index contributed by atoms with van der Waals surface area (Å²) in [5.41, 5.74) is 0.114. The Bertz CT molecular complexity index is 387. The number of hydrogen-bond donors (Lipinski definition) is 1. The predicted molar refractivity (Wildman–Crippen MR) is 73.4 cm³/mol. The van der Waals surface area contributed by atoms with Gasteiger partial charge in [-0.05, 0) is 53.0 Å². The van der Waals surface area contributed by atoms with Crippen molar-refractivity contribution in [2.45, 2.75) is 13.0 Å². The van der Waals surface area contributed by atoms with Crippen molar-refractivity contribution in [2.75, 3.05) is 19.1 Å². The van der Waals surface area contributed by atoms with Crippen molar-refractivity contribution in [1.29, 1.82) is 0 Å². The molecule has 1 aromatic rings. The third kappa shape index (κ3) is 3.42. The van der Waals surface area contributed by atoms with E-state index in [0.29, 0.717) is 4.47 Å². The van der Waals surface area contributed by atoms with Gasteiger partial charge in [0, 0.05) is 11.6 Å². The summed E-state index contributed by atoms with van der Waals surface area (Å²) in [7, 11) is 1.72. The molecule has 0 aliphatic heterocycles. The zero-order chi connectivity index (χ0) is 13.0. The number of halogens is 3. The molecule has 0 bridgehead atoms. The monoisotopic (exact) mass is 323 g/mol. The lowest BCUT2D eigenvalue weighted by Gasteiger charge is -2.24. The normalized spacial score (nSPS) is 14.7. The first-order valence-electron chi connectivity index (χ1n) is 5.32. The molecule has 0 fully saturated rings. The number of nitrogens with one attached hydrogen (secondary N) is 1. The third-order valence-electron chi connectivity index (χ3n) is 2.70. The molecule has 1 nitrogen and oxygen atoms in total. The van der Waals surface area contributed by atoms with Gasteiger partial charge < -0.3 is 5.32 Å². The fourth-order valence-corrected chi connectivity index (χ4v) is 2.96. The van der Waals surface area contributed by atoms with E-state index in [2.05, 4.69) is 21.2 Å². The molecule has 0 amide bonds. The van der Waals surface area contributed by atoms with Crippen LogP contribution in [0.4, 0.5) is 8.78 Å². The highest BCUT2D eigenvalue weighted by Gasteiger charge is 2.25. The summed E-state index contributed by atoms with van der Waals surface area (Å²) in [5.74, 6) is -0.0275. The maximum absolute atomic E-state index is 14.0. The lowest BCUT2D eigenvalue weighted by atomic mass is 9.95. The summed E-state index contributed by atoms with van der Waals surface area (Å²) < 4.78 is 28.0. The first-order chi connectivity index (χ1) is 8.02. The van der Waals surface area contributed by atoms with Gasteiger partial charge in [0.1, 0.15) is 11.6 Å². The fourth-order valence-electron chi connectivity index (χ4n) is 1.90. The molecule has 0 aliphatic rings. The van der Waals surface area contributed by atoms with Crippen molar-refractivity contribution < 1.29 is 8.78 Å². The predicted octanol–water partition coefficient (Wildman–Crippen LogP) is 3.99. The SMILES string of the molecule is CNC(c1c(F)ccc(Br)c1F)C(C)CSC. The van der Waals surface area contributed by atoms with Crippen molar-refractivity contribution in [3.8, 4) is 0 Å². The Labute approximate surface area is 113 Å². The van der Waals surface area contributed by atoms with Crippen LogP contribution in [-0.4, -0.2) is 19.1 Å². The maximum atomic E-state index is 14.0. The lowest BCUT2D eigenvalue weighted by Crippen LogP contribution is -2.27. The molecule has 2 atom stereocenters. The zero-order valence-corrected chi connectivity index (χ0v) is 12.5. The van der Waals surface area contributed by atoms with E-state index < -0.39 is 11.6 Å². The standard InChI is InChI=1S/C12H16BrF2NS/c1-7(6-17-3)12(16-2)10-9(14)5-4-8(13)11(10)15/h4-5,7,12,16H,6H2,1-3H3. The minimum Gasteiger partial charge on any atom is -0.313 e. The van der Waals surface area contributed by atoms with E-state index in [1.807, 2.05) is 13.2 Å². The number of hydrogen-bond acceptors (Lipinski definition) is 2. The first kappa shape index (κ1) is 14.9. The van der Waals surface area contributed by atoms with Crippen molar-refractivity contribution in [3.05, 3.63) is 33.8 Å². The molecule has 1 aromatic carbocycles. The van der Waals surface area contributed by atoms with E-state index >= 15 is 0 Å².